The second kappa shape index (κ2) is 8.68. The lowest BCUT2D eigenvalue weighted by molar-refractivity contribution is -0.141. The number of hydrogen-bond donors (Lipinski definition) is 0. The third-order valence-corrected chi connectivity index (χ3v) is 6.66. The molecular formula is C25H32N2O3. The standard InChI is InChI=1S/C25H32N2O3/c1-19-4-9-23(20(2)18-19)26-12-14-27(15-13-26)24(28)25(10-16-30-17-11-25)21-5-7-22(29-3)8-6-21/h4-9,18H,10-17H2,1-3H3. The highest BCUT2D eigenvalue weighted by Crippen LogP contribution is 2.38. The van der Waals surface area contributed by atoms with Crippen molar-refractivity contribution in [3.63, 3.8) is 0 Å². The molecule has 0 radical (unpaired) electrons. The van der Waals surface area contributed by atoms with Gasteiger partial charge >= 0.3 is 0 Å². The van der Waals surface area contributed by atoms with E-state index in [4.69, 9.17) is 9.47 Å². The Morgan fingerprint density at radius 1 is 0.967 bits per heavy atom. The van der Waals surface area contributed by atoms with Gasteiger partial charge in [0.15, 0.2) is 0 Å². The molecule has 160 valence electrons. The summed E-state index contributed by atoms with van der Waals surface area (Å²) in [4.78, 5) is 18.3. The van der Waals surface area contributed by atoms with Crippen molar-refractivity contribution in [3.8, 4) is 5.75 Å². The smallest absolute Gasteiger partial charge is 0.233 e. The van der Waals surface area contributed by atoms with Gasteiger partial charge in [-0.1, -0.05) is 29.8 Å². The maximum atomic E-state index is 13.8. The van der Waals surface area contributed by atoms with Gasteiger partial charge in [-0.15, -0.1) is 0 Å². The maximum Gasteiger partial charge on any atom is 0.233 e. The normalized spacial score (nSPS) is 18.9. The Morgan fingerprint density at radius 3 is 2.23 bits per heavy atom. The fourth-order valence-corrected chi connectivity index (χ4v) is 4.87. The van der Waals surface area contributed by atoms with Crippen LogP contribution in [0, 0.1) is 13.8 Å². The first-order valence-corrected chi connectivity index (χ1v) is 10.9. The summed E-state index contributed by atoms with van der Waals surface area (Å²) < 4.78 is 10.9. The van der Waals surface area contributed by atoms with Crippen molar-refractivity contribution in [1.29, 1.82) is 0 Å². The molecule has 0 spiro atoms. The number of amides is 1. The summed E-state index contributed by atoms with van der Waals surface area (Å²) in [6, 6.07) is 14.6. The first-order chi connectivity index (χ1) is 14.5. The van der Waals surface area contributed by atoms with Gasteiger partial charge in [-0.25, -0.2) is 0 Å². The van der Waals surface area contributed by atoms with Crippen molar-refractivity contribution in [3.05, 3.63) is 59.2 Å². The van der Waals surface area contributed by atoms with Crippen LogP contribution in [-0.2, 0) is 14.9 Å². The van der Waals surface area contributed by atoms with E-state index < -0.39 is 5.41 Å². The first kappa shape index (κ1) is 20.7. The molecule has 0 bridgehead atoms. The number of nitrogens with zero attached hydrogens (tertiary/aromatic N) is 2. The quantitative estimate of drug-likeness (QED) is 0.774. The Balaban J connectivity index is 1.51. The van der Waals surface area contributed by atoms with Gasteiger partial charge in [-0.3, -0.25) is 4.79 Å². The zero-order chi connectivity index (χ0) is 21.1. The Labute approximate surface area is 179 Å². The summed E-state index contributed by atoms with van der Waals surface area (Å²) in [5, 5.41) is 0. The van der Waals surface area contributed by atoms with Crippen LogP contribution in [0.25, 0.3) is 0 Å². The molecule has 5 nitrogen and oxygen atoms in total. The van der Waals surface area contributed by atoms with E-state index in [1.807, 2.05) is 24.3 Å². The minimum atomic E-state index is -0.494. The van der Waals surface area contributed by atoms with Crippen molar-refractivity contribution in [2.45, 2.75) is 32.1 Å². The number of piperazine rings is 1. The summed E-state index contributed by atoms with van der Waals surface area (Å²) in [5.41, 5.74) is 4.45. The van der Waals surface area contributed by atoms with Gasteiger partial charge < -0.3 is 19.3 Å². The molecule has 2 aliphatic heterocycles. The molecule has 1 amide bonds. The fraction of sp³-hybridized carbons (Fsp3) is 0.480. The van der Waals surface area contributed by atoms with E-state index in [0.717, 1.165) is 50.3 Å². The summed E-state index contributed by atoms with van der Waals surface area (Å²) in [6.45, 7) is 8.78. The Morgan fingerprint density at radius 2 is 1.63 bits per heavy atom. The highest BCUT2D eigenvalue weighted by molar-refractivity contribution is 5.88. The largest absolute Gasteiger partial charge is 0.497 e. The number of methoxy groups -OCH3 is 1. The molecule has 2 fully saturated rings. The lowest BCUT2D eigenvalue weighted by Gasteiger charge is -2.43. The number of anilines is 1. The molecule has 0 unspecified atom stereocenters. The molecule has 2 aromatic carbocycles. The third kappa shape index (κ3) is 3.91. The van der Waals surface area contributed by atoms with Crippen LogP contribution >= 0.6 is 0 Å². The van der Waals surface area contributed by atoms with Gasteiger partial charge in [-0.05, 0) is 56.0 Å². The zero-order valence-corrected chi connectivity index (χ0v) is 18.3. The highest BCUT2D eigenvalue weighted by Gasteiger charge is 2.44. The average Bonchev–Trinajstić information content (AvgIpc) is 2.79. The number of carbonyl (C=O) groups is 1. The van der Waals surface area contributed by atoms with Gasteiger partial charge in [0.05, 0.1) is 12.5 Å². The number of benzene rings is 2. The molecule has 5 heteroatoms. The van der Waals surface area contributed by atoms with Crippen molar-refractivity contribution < 1.29 is 14.3 Å². The summed E-state index contributed by atoms with van der Waals surface area (Å²) in [5.74, 6) is 1.06. The second-order valence-electron chi connectivity index (χ2n) is 8.49. The van der Waals surface area contributed by atoms with Crippen molar-refractivity contribution in [2.24, 2.45) is 0 Å². The molecule has 0 N–H and O–H groups in total. The van der Waals surface area contributed by atoms with Crippen molar-refractivity contribution >= 4 is 11.6 Å². The van der Waals surface area contributed by atoms with E-state index in [-0.39, 0.29) is 5.91 Å². The van der Waals surface area contributed by atoms with E-state index in [9.17, 15) is 4.79 Å². The van der Waals surface area contributed by atoms with Crippen LogP contribution in [0.15, 0.2) is 42.5 Å². The Bertz CT molecular complexity index is 880. The predicted molar refractivity (Wildman–Crippen MR) is 119 cm³/mol. The van der Waals surface area contributed by atoms with Gasteiger partial charge in [0.25, 0.3) is 0 Å². The number of carbonyl (C=O) groups excluding carboxylic acids is 1. The van der Waals surface area contributed by atoms with Crippen LogP contribution in [-0.4, -0.2) is 57.3 Å². The van der Waals surface area contributed by atoms with E-state index in [0.29, 0.717) is 13.2 Å². The molecule has 4 rings (SSSR count). The molecule has 2 aromatic rings. The van der Waals surface area contributed by atoms with Crippen LogP contribution in [0.3, 0.4) is 0 Å². The van der Waals surface area contributed by atoms with Gasteiger partial charge in [-0.2, -0.15) is 0 Å². The summed E-state index contributed by atoms with van der Waals surface area (Å²) >= 11 is 0. The van der Waals surface area contributed by atoms with Crippen molar-refractivity contribution in [2.75, 3.05) is 51.4 Å². The fourth-order valence-electron chi connectivity index (χ4n) is 4.87. The lowest BCUT2D eigenvalue weighted by Crippen LogP contribution is -2.56. The second-order valence-corrected chi connectivity index (χ2v) is 8.49. The number of rotatable bonds is 4. The Kier molecular flexibility index (Phi) is 6.00. The average molecular weight is 409 g/mol. The topological polar surface area (TPSA) is 42.0 Å². The molecule has 0 saturated carbocycles. The van der Waals surface area contributed by atoms with E-state index in [1.54, 1.807) is 7.11 Å². The first-order valence-electron chi connectivity index (χ1n) is 10.9. The molecule has 2 aliphatic rings. The van der Waals surface area contributed by atoms with Gasteiger partial charge in [0.2, 0.25) is 5.91 Å². The molecule has 30 heavy (non-hydrogen) atoms. The summed E-state index contributed by atoms with van der Waals surface area (Å²) in [6.07, 6.45) is 1.46. The highest BCUT2D eigenvalue weighted by atomic mass is 16.5. The van der Waals surface area contributed by atoms with Crippen LogP contribution in [0.4, 0.5) is 5.69 Å². The number of ether oxygens (including phenoxy) is 2. The molecule has 0 aliphatic carbocycles. The van der Waals surface area contributed by atoms with E-state index in [1.165, 1.54) is 16.8 Å². The van der Waals surface area contributed by atoms with Crippen LogP contribution in [0.2, 0.25) is 0 Å². The lowest BCUT2D eigenvalue weighted by atomic mass is 9.73. The van der Waals surface area contributed by atoms with Gasteiger partial charge in [0, 0.05) is 45.1 Å². The summed E-state index contributed by atoms with van der Waals surface area (Å²) in [7, 11) is 1.67. The molecule has 0 atom stereocenters. The van der Waals surface area contributed by atoms with Crippen LogP contribution in [0.5, 0.6) is 5.75 Å². The molecule has 2 saturated heterocycles. The minimum Gasteiger partial charge on any atom is -0.497 e. The Hall–Kier alpha value is -2.53. The van der Waals surface area contributed by atoms with Crippen molar-refractivity contribution in [1.82, 2.24) is 4.90 Å². The molecule has 2 heterocycles. The number of aryl methyl sites for hydroxylation is 2. The van der Waals surface area contributed by atoms with Gasteiger partial charge in [0.1, 0.15) is 5.75 Å². The SMILES string of the molecule is COc1ccc(C2(C(=O)N3CCN(c4ccc(C)cc4C)CC3)CCOCC2)cc1. The zero-order valence-electron chi connectivity index (χ0n) is 18.3. The monoisotopic (exact) mass is 408 g/mol. The van der Waals surface area contributed by atoms with E-state index >= 15 is 0 Å². The maximum absolute atomic E-state index is 13.8. The third-order valence-electron chi connectivity index (χ3n) is 6.66. The van der Waals surface area contributed by atoms with E-state index in [2.05, 4.69) is 41.8 Å². The number of hydrogen-bond acceptors (Lipinski definition) is 4. The predicted octanol–water partition coefficient (Wildman–Crippen LogP) is 3.71. The van der Waals surface area contributed by atoms with Crippen LogP contribution < -0.4 is 9.64 Å². The molecular weight excluding hydrogens is 376 g/mol. The molecule has 0 aromatic heterocycles. The van der Waals surface area contributed by atoms with Crippen LogP contribution in [0.1, 0.15) is 29.5 Å². The minimum absolute atomic E-state index is 0.247.